The number of benzene rings is 1. The number of hydrogen-bond donors (Lipinski definition) is 0. The molecule has 0 amide bonds. The quantitative estimate of drug-likeness (QED) is 0.855. The highest BCUT2D eigenvalue weighted by Gasteiger charge is 2.15. The van der Waals surface area contributed by atoms with Gasteiger partial charge in [-0.05, 0) is 36.1 Å². The summed E-state index contributed by atoms with van der Waals surface area (Å²) in [6.45, 7) is 4.29. The van der Waals surface area contributed by atoms with Crippen molar-refractivity contribution < 1.29 is 0 Å². The maximum atomic E-state index is 12.4. The minimum atomic E-state index is -0.313. The van der Waals surface area contributed by atoms with Crippen molar-refractivity contribution in [3.05, 3.63) is 61.5 Å². The Balaban J connectivity index is 2.55. The lowest BCUT2D eigenvalue weighted by Crippen LogP contribution is -2.29. The average Bonchev–Trinajstić information content (AvgIpc) is 2.48. The predicted octanol–water partition coefficient (Wildman–Crippen LogP) is 3.05. The van der Waals surface area contributed by atoms with Crippen LogP contribution in [0.5, 0.6) is 0 Å². The van der Waals surface area contributed by atoms with Crippen molar-refractivity contribution >= 4 is 15.9 Å². The molecule has 1 aromatic heterocycles. The van der Waals surface area contributed by atoms with Crippen LogP contribution in [0.15, 0.2) is 33.5 Å². The van der Waals surface area contributed by atoms with E-state index in [1.807, 2.05) is 44.2 Å². The Kier molecular flexibility index (Phi) is 4.92. The van der Waals surface area contributed by atoms with E-state index in [1.54, 1.807) is 0 Å². The van der Waals surface area contributed by atoms with Gasteiger partial charge < -0.3 is 0 Å². The van der Waals surface area contributed by atoms with Gasteiger partial charge in [-0.1, -0.05) is 41.9 Å². The van der Waals surface area contributed by atoms with Gasteiger partial charge in [0.15, 0.2) is 0 Å². The highest BCUT2D eigenvalue weighted by molar-refractivity contribution is 9.10. The molecule has 1 aromatic carbocycles. The van der Waals surface area contributed by atoms with E-state index in [1.165, 1.54) is 4.68 Å². The number of nitrogens with zero attached hydrogens (tertiary/aromatic N) is 3. The SMILES string of the molecule is CCc1nn(Cc2cccc(Br)c2)c(=O)c(C#N)c1CC. The lowest BCUT2D eigenvalue weighted by molar-refractivity contribution is 0.611. The Morgan fingerprint density at radius 3 is 2.67 bits per heavy atom. The maximum absolute atomic E-state index is 12.4. The zero-order valence-electron chi connectivity index (χ0n) is 12.1. The van der Waals surface area contributed by atoms with Crippen LogP contribution < -0.4 is 5.56 Å². The first kappa shape index (κ1) is 15.5. The summed E-state index contributed by atoms with van der Waals surface area (Å²) >= 11 is 3.41. The molecule has 5 heteroatoms. The standard InChI is InChI=1S/C16H16BrN3O/c1-3-13-14(9-18)16(21)20(19-15(13)4-2)10-11-6-5-7-12(17)8-11/h5-8H,3-4,10H2,1-2H3. The lowest BCUT2D eigenvalue weighted by atomic mass is 10.0. The smallest absolute Gasteiger partial charge is 0.266 e. The molecule has 0 aliphatic carbocycles. The van der Waals surface area contributed by atoms with Crippen molar-refractivity contribution in [3.63, 3.8) is 0 Å². The van der Waals surface area contributed by atoms with Gasteiger partial charge in [-0.2, -0.15) is 10.4 Å². The van der Waals surface area contributed by atoms with Gasteiger partial charge in [0.05, 0.1) is 12.2 Å². The molecule has 4 nitrogen and oxygen atoms in total. The van der Waals surface area contributed by atoms with Crippen LogP contribution in [0, 0.1) is 11.3 Å². The number of hydrogen-bond acceptors (Lipinski definition) is 3. The first-order valence-corrected chi connectivity index (χ1v) is 7.67. The minimum absolute atomic E-state index is 0.222. The van der Waals surface area contributed by atoms with E-state index in [0.29, 0.717) is 19.4 Å². The molecule has 0 atom stereocenters. The van der Waals surface area contributed by atoms with E-state index >= 15 is 0 Å². The van der Waals surface area contributed by atoms with E-state index in [0.717, 1.165) is 21.3 Å². The molecule has 0 saturated heterocycles. The van der Waals surface area contributed by atoms with Crippen LogP contribution in [-0.4, -0.2) is 9.78 Å². The van der Waals surface area contributed by atoms with E-state index < -0.39 is 0 Å². The number of aromatic nitrogens is 2. The Morgan fingerprint density at radius 2 is 2.10 bits per heavy atom. The Labute approximate surface area is 132 Å². The van der Waals surface area contributed by atoms with Crippen molar-refractivity contribution in [2.24, 2.45) is 0 Å². The summed E-state index contributed by atoms with van der Waals surface area (Å²) in [5.41, 5.74) is 2.47. The van der Waals surface area contributed by atoms with Crippen LogP contribution in [0.3, 0.4) is 0 Å². The summed E-state index contributed by atoms with van der Waals surface area (Å²) in [5, 5.41) is 13.7. The second-order valence-electron chi connectivity index (χ2n) is 4.71. The molecule has 0 spiro atoms. The summed E-state index contributed by atoms with van der Waals surface area (Å²) in [5.74, 6) is 0. The molecule has 0 fully saturated rings. The molecule has 0 radical (unpaired) electrons. The van der Waals surface area contributed by atoms with Crippen LogP contribution in [0.4, 0.5) is 0 Å². The van der Waals surface area contributed by atoms with Gasteiger partial charge >= 0.3 is 0 Å². The van der Waals surface area contributed by atoms with Crippen molar-refractivity contribution in [2.75, 3.05) is 0 Å². The lowest BCUT2D eigenvalue weighted by Gasteiger charge is -2.12. The van der Waals surface area contributed by atoms with E-state index in [9.17, 15) is 10.1 Å². The molecular weight excluding hydrogens is 330 g/mol. The van der Waals surface area contributed by atoms with Crippen LogP contribution >= 0.6 is 15.9 Å². The monoisotopic (exact) mass is 345 g/mol. The van der Waals surface area contributed by atoms with Gasteiger partial charge in [-0.15, -0.1) is 0 Å². The maximum Gasteiger partial charge on any atom is 0.285 e. The van der Waals surface area contributed by atoms with Crippen molar-refractivity contribution in [1.82, 2.24) is 9.78 Å². The molecule has 0 aliphatic heterocycles. The number of nitriles is 1. The molecule has 108 valence electrons. The third-order valence-electron chi connectivity index (χ3n) is 3.36. The van der Waals surface area contributed by atoms with Crippen LogP contribution in [-0.2, 0) is 19.4 Å². The van der Waals surface area contributed by atoms with Gasteiger partial charge in [-0.25, -0.2) is 4.68 Å². The van der Waals surface area contributed by atoms with Crippen molar-refractivity contribution in [1.29, 1.82) is 5.26 Å². The third kappa shape index (κ3) is 3.22. The molecular formula is C16H16BrN3O. The summed E-state index contributed by atoms with van der Waals surface area (Å²) in [6, 6.07) is 9.77. The first-order chi connectivity index (χ1) is 10.1. The topological polar surface area (TPSA) is 58.7 Å². The number of aryl methyl sites for hydroxylation is 1. The Morgan fingerprint density at radius 1 is 1.33 bits per heavy atom. The molecule has 2 aromatic rings. The average molecular weight is 346 g/mol. The highest BCUT2D eigenvalue weighted by atomic mass is 79.9. The van der Waals surface area contributed by atoms with Gasteiger partial charge in [0.1, 0.15) is 11.6 Å². The summed E-state index contributed by atoms with van der Waals surface area (Å²) in [6.07, 6.45) is 1.35. The van der Waals surface area contributed by atoms with Gasteiger partial charge in [-0.3, -0.25) is 4.79 Å². The van der Waals surface area contributed by atoms with Crippen molar-refractivity contribution in [2.45, 2.75) is 33.2 Å². The molecule has 1 heterocycles. The molecule has 0 N–H and O–H groups in total. The van der Waals surface area contributed by atoms with Gasteiger partial charge in [0, 0.05) is 4.47 Å². The van der Waals surface area contributed by atoms with Crippen LogP contribution in [0.1, 0.15) is 36.2 Å². The fraction of sp³-hybridized carbons (Fsp3) is 0.312. The largest absolute Gasteiger partial charge is 0.285 e. The Hall–Kier alpha value is -1.93. The van der Waals surface area contributed by atoms with E-state index in [4.69, 9.17) is 0 Å². The van der Waals surface area contributed by atoms with E-state index in [-0.39, 0.29) is 11.1 Å². The first-order valence-electron chi connectivity index (χ1n) is 6.88. The highest BCUT2D eigenvalue weighted by Crippen LogP contribution is 2.14. The Bertz CT molecular complexity index is 759. The molecule has 0 unspecified atom stereocenters. The summed E-state index contributed by atoms with van der Waals surface area (Å²) in [7, 11) is 0. The van der Waals surface area contributed by atoms with Crippen LogP contribution in [0.25, 0.3) is 0 Å². The van der Waals surface area contributed by atoms with E-state index in [2.05, 4.69) is 21.0 Å². The fourth-order valence-corrected chi connectivity index (χ4v) is 2.80. The third-order valence-corrected chi connectivity index (χ3v) is 3.85. The number of halogens is 1. The van der Waals surface area contributed by atoms with Crippen molar-refractivity contribution in [3.8, 4) is 6.07 Å². The molecule has 21 heavy (non-hydrogen) atoms. The van der Waals surface area contributed by atoms with Gasteiger partial charge in [0.25, 0.3) is 5.56 Å². The van der Waals surface area contributed by atoms with Gasteiger partial charge in [0.2, 0.25) is 0 Å². The zero-order valence-corrected chi connectivity index (χ0v) is 13.6. The molecule has 0 saturated carbocycles. The second kappa shape index (κ2) is 6.68. The minimum Gasteiger partial charge on any atom is -0.266 e. The second-order valence-corrected chi connectivity index (χ2v) is 5.63. The normalized spacial score (nSPS) is 10.4. The van der Waals surface area contributed by atoms with Crippen LogP contribution in [0.2, 0.25) is 0 Å². The number of rotatable bonds is 4. The predicted molar refractivity (Wildman–Crippen MR) is 85.2 cm³/mol. The zero-order chi connectivity index (χ0) is 15.4. The molecule has 0 bridgehead atoms. The summed E-state index contributed by atoms with van der Waals surface area (Å²) < 4.78 is 2.34. The summed E-state index contributed by atoms with van der Waals surface area (Å²) in [4.78, 5) is 12.4. The molecule has 2 rings (SSSR count). The fourth-order valence-electron chi connectivity index (χ4n) is 2.35. The molecule has 0 aliphatic rings.